The van der Waals surface area contributed by atoms with E-state index >= 15 is 0 Å². The number of halogens is 1. The lowest BCUT2D eigenvalue weighted by Crippen LogP contribution is -2.28. The van der Waals surface area contributed by atoms with E-state index in [-0.39, 0.29) is 16.0 Å². The topological polar surface area (TPSA) is 26.3 Å². The fourth-order valence-corrected chi connectivity index (χ4v) is 5.19. The Hall–Kier alpha value is -3.42. The van der Waals surface area contributed by atoms with Gasteiger partial charge in [0.15, 0.2) is 15.2 Å². The minimum Gasteiger partial charge on any atom is -0.438 e. The SMILES string of the molecule is C#CC(C)(OC(=O)c1cccc(-[s+]2ccc3ccccc32)c1)c1ccccc1F. The number of thiophene rings is 1. The second-order valence-electron chi connectivity index (χ2n) is 6.75. The number of fused-ring (bicyclic) bond motifs is 1. The molecular formula is C25H18FO2S+. The zero-order valence-electron chi connectivity index (χ0n) is 15.8. The van der Waals surface area contributed by atoms with Crippen LogP contribution >= 0.6 is 10.5 Å². The lowest BCUT2D eigenvalue weighted by Gasteiger charge is -2.24. The van der Waals surface area contributed by atoms with E-state index in [1.165, 1.54) is 29.1 Å². The smallest absolute Gasteiger partial charge is 0.340 e. The second-order valence-corrected chi connectivity index (χ2v) is 8.61. The van der Waals surface area contributed by atoms with E-state index in [0.29, 0.717) is 5.56 Å². The maximum absolute atomic E-state index is 14.2. The molecule has 0 saturated heterocycles. The zero-order chi connectivity index (χ0) is 20.4. The van der Waals surface area contributed by atoms with Gasteiger partial charge in [-0.25, -0.2) is 9.18 Å². The van der Waals surface area contributed by atoms with Crippen LogP contribution in [0.3, 0.4) is 0 Å². The molecule has 0 amide bonds. The van der Waals surface area contributed by atoms with Gasteiger partial charge >= 0.3 is 5.97 Å². The third-order valence-corrected chi connectivity index (χ3v) is 6.84. The summed E-state index contributed by atoms with van der Waals surface area (Å²) < 4.78 is 21.1. The molecule has 142 valence electrons. The Morgan fingerprint density at radius 1 is 1.03 bits per heavy atom. The Labute approximate surface area is 171 Å². The van der Waals surface area contributed by atoms with Crippen molar-refractivity contribution in [3.8, 4) is 17.2 Å². The van der Waals surface area contributed by atoms with E-state index in [4.69, 9.17) is 11.2 Å². The second kappa shape index (κ2) is 7.54. The average Bonchev–Trinajstić information content (AvgIpc) is 3.18. The first-order valence-corrected chi connectivity index (χ1v) is 10.4. The predicted octanol–water partition coefficient (Wildman–Crippen LogP) is 6.42. The fraction of sp³-hybridized carbons (Fsp3) is 0.0800. The van der Waals surface area contributed by atoms with E-state index < -0.39 is 17.4 Å². The molecule has 1 aromatic heterocycles. The number of carbonyl (C=O) groups is 1. The van der Waals surface area contributed by atoms with Gasteiger partial charge in [0.25, 0.3) is 0 Å². The van der Waals surface area contributed by atoms with Crippen LogP contribution < -0.4 is 0 Å². The minimum absolute atomic E-state index is 0.154. The van der Waals surface area contributed by atoms with E-state index in [1.54, 1.807) is 18.2 Å². The van der Waals surface area contributed by atoms with Crippen molar-refractivity contribution in [1.82, 2.24) is 0 Å². The Morgan fingerprint density at radius 2 is 1.79 bits per heavy atom. The van der Waals surface area contributed by atoms with Gasteiger partial charge in [-0.2, -0.15) is 0 Å². The van der Waals surface area contributed by atoms with Gasteiger partial charge < -0.3 is 4.74 Å². The van der Waals surface area contributed by atoms with Crippen molar-refractivity contribution in [2.45, 2.75) is 12.5 Å². The van der Waals surface area contributed by atoms with Crippen molar-refractivity contribution in [1.29, 1.82) is 0 Å². The van der Waals surface area contributed by atoms with Gasteiger partial charge in [0.05, 0.1) is 5.56 Å². The highest BCUT2D eigenvalue weighted by Gasteiger charge is 2.32. The zero-order valence-corrected chi connectivity index (χ0v) is 16.6. The molecular weight excluding hydrogens is 383 g/mol. The largest absolute Gasteiger partial charge is 0.438 e. The van der Waals surface area contributed by atoms with Crippen LogP contribution in [0.4, 0.5) is 4.39 Å². The monoisotopic (exact) mass is 401 g/mol. The van der Waals surface area contributed by atoms with Gasteiger partial charge in [0, 0.05) is 33.6 Å². The van der Waals surface area contributed by atoms with Gasteiger partial charge in [-0.3, -0.25) is 0 Å². The molecule has 4 aromatic rings. The number of esters is 1. The van der Waals surface area contributed by atoms with Crippen LogP contribution in [0.1, 0.15) is 22.8 Å². The summed E-state index contributed by atoms with van der Waals surface area (Å²) in [7, 11) is -0.246. The van der Waals surface area contributed by atoms with Crippen molar-refractivity contribution in [3.63, 3.8) is 0 Å². The van der Waals surface area contributed by atoms with Crippen LogP contribution in [0.25, 0.3) is 15.0 Å². The van der Waals surface area contributed by atoms with Gasteiger partial charge in [0.2, 0.25) is 0 Å². The van der Waals surface area contributed by atoms with Crippen LogP contribution in [0.2, 0.25) is 0 Å². The molecule has 0 aliphatic heterocycles. The summed E-state index contributed by atoms with van der Waals surface area (Å²) >= 11 is 0. The average molecular weight is 401 g/mol. The molecule has 0 saturated carbocycles. The molecule has 0 aliphatic rings. The first-order valence-electron chi connectivity index (χ1n) is 9.08. The molecule has 0 spiro atoms. The molecule has 4 rings (SSSR count). The van der Waals surface area contributed by atoms with Crippen LogP contribution in [0.15, 0.2) is 84.2 Å². The summed E-state index contributed by atoms with van der Waals surface area (Å²) in [6.45, 7) is 1.52. The van der Waals surface area contributed by atoms with Gasteiger partial charge in [-0.05, 0) is 37.3 Å². The van der Waals surface area contributed by atoms with E-state index in [2.05, 4.69) is 29.5 Å². The Bertz CT molecular complexity index is 1250. The molecule has 2 nitrogen and oxygen atoms in total. The molecule has 4 heteroatoms. The van der Waals surface area contributed by atoms with E-state index in [1.807, 2.05) is 30.3 Å². The number of carbonyl (C=O) groups excluding carboxylic acids is 1. The number of terminal acetylenes is 1. The molecule has 1 heterocycles. The van der Waals surface area contributed by atoms with Crippen LogP contribution in [-0.2, 0) is 10.3 Å². The number of hydrogen-bond acceptors (Lipinski definition) is 2. The van der Waals surface area contributed by atoms with Gasteiger partial charge in [0.1, 0.15) is 11.2 Å². The number of hydrogen-bond donors (Lipinski definition) is 0. The van der Waals surface area contributed by atoms with Gasteiger partial charge in [-0.1, -0.05) is 42.3 Å². The molecule has 0 bridgehead atoms. The lowest BCUT2D eigenvalue weighted by molar-refractivity contribution is 0.0118. The van der Waals surface area contributed by atoms with Gasteiger partial charge in [-0.15, -0.1) is 6.42 Å². The molecule has 0 fully saturated rings. The van der Waals surface area contributed by atoms with Crippen molar-refractivity contribution in [2.24, 2.45) is 0 Å². The first kappa shape index (κ1) is 18.9. The summed E-state index contributed by atoms with van der Waals surface area (Å²) in [6, 6.07) is 23.6. The summed E-state index contributed by atoms with van der Waals surface area (Å²) in [4.78, 5) is 13.9. The van der Waals surface area contributed by atoms with Crippen molar-refractivity contribution >= 4 is 26.5 Å². The molecule has 0 aliphatic carbocycles. The number of ether oxygens (including phenoxy) is 1. The third-order valence-electron chi connectivity index (χ3n) is 4.82. The number of benzene rings is 3. The molecule has 0 radical (unpaired) electrons. The summed E-state index contributed by atoms with van der Waals surface area (Å²) in [6.07, 6.45) is 5.62. The van der Waals surface area contributed by atoms with E-state index in [0.717, 1.165) is 4.90 Å². The lowest BCUT2D eigenvalue weighted by atomic mass is 9.96. The van der Waals surface area contributed by atoms with Crippen LogP contribution in [0, 0.1) is 18.2 Å². The summed E-state index contributed by atoms with van der Waals surface area (Å²) in [5, 5.41) is 3.32. The molecule has 29 heavy (non-hydrogen) atoms. The molecule has 0 N–H and O–H groups in total. The van der Waals surface area contributed by atoms with E-state index in [9.17, 15) is 9.18 Å². The first-order chi connectivity index (χ1) is 14.0. The molecule has 2 unspecified atom stereocenters. The normalized spacial score (nSPS) is 13.5. The Kier molecular flexibility index (Phi) is 4.92. The van der Waals surface area contributed by atoms with Crippen molar-refractivity contribution in [2.75, 3.05) is 0 Å². The maximum Gasteiger partial charge on any atom is 0.340 e. The third kappa shape index (κ3) is 3.53. The highest BCUT2D eigenvalue weighted by molar-refractivity contribution is 7.43. The number of rotatable bonds is 4. The van der Waals surface area contributed by atoms with Crippen LogP contribution in [0.5, 0.6) is 0 Å². The molecule has 3 aromatic carbocycles. The fourth-order valence-electron chi connectivity index (χ4n) is 3.25. The van der Waals surface area contributed by atoms with Crippen molar-refractivity contribution < 1.29 is 13.9 Å². The maximum atomic E-state index is 14.2. The molecule has 2 atom stereocenters. The Balaban J connectivity index is 1.67. The highest BCUT2D eigenvalue weighted by atomic mass is 32.2. The summed E-state index contributed by atoms with van der Waals surface area (Å²) in [5.41, 5.74) is -0.965. The minimum atomic E-state index is -1.50. The standard InChI is InChI=1S/C25H18FO2S/c1-3-25(2,21-12-5-6-13-22(21)26)28-24(27)19-10-8-11-20(17-19)29-16-15-18-9-4-7-14-23(18)29/h1,4-17H,2H3/q+1. The summed E-state index contributed by atoms with van der Waals surface area (Å²) in [5.74, 6) is 1.33. The quantitative estimate of drug-likeness (QED) is 0.224. The van der Waals surface area contributed by atoms with Crippen LogP contribution in [-0.4, -0.2) is 5.97 Å². The van der Waals surface area contributed by atoms with Crippen molar-refractivity contribution in [3.05, 3.63) is 101 Å². The Morgan fingerprint density at radius 3 is 2.59 bits per heavy atom. The predicted molar refractivity (Wildman–Crippen MR) is 116 cm³/mol. The highest BCUT2D eigenvalue weighted by Crippen LogP contribution is 2.40.